The lowest BCUT2D eigenvalue weighted by atomic mass is 9.99. The molecule has 1 aliphatic heterocycles. The molecule has 6 nitrogen and oxygen atoms in total. The zero-order chi connectivity index (χ0) is 24.2. The summed E-state index contributed by atoms with van der Waals surface area (Å²) in [5.41, 5.74) is 3.68. The molecule has 1 N–H and O–H groups in total. The maximum absolute atomic E-state index is 12.9. The lowest BCUT2D eigenvalue weighted by molar-refractivity contribution is 0.0694. The molecule has 0 saturated heterocycles. The first-order valence-electron chi connectivity index (χ1n) is 11.9. The van der Waals surface area contributed by atoms with Crippen LogP contribution in [0.5, 0.6) is 5.75 Å². The Balaban J connectivity index is 1.36. The number of carbonyl (C=O) groups is 1. The molecule has 0 amide bonds. The monoisotopic (exact) mass is 468 g/mol. The minimum atomic E-state index is -1.20. The van der Waals surface area contributed by atoms with E-state index in [4.69, 9.17) is 4.74 Å². The van der Waals surface area contributed by atoms with E-state index in [0.29, 0.717) is 30.8 Å². The molecule has 0 fully saturated rings. The molecule has 0 aliphatic carbocycles. The Labute approximate surface area is 204 Å². The van der Waals surface area contributed by atoms with Gasteiger partial charge < -0.3 is 14.4 Å². The standard InChI is InChI=1S/C29H28N2O4/c32-28-25-17-24(16-23-12-7-13-31(27(23)25)20-26(28)29(33)34)35-15-14-30(18-21-8-3-1-4-9-21)19-22-10-5-2-6-11-22/h1-6,8-11,16-17,20H,7,12-15,18-19H2,(H,33,34). The molecule has 6 heteroatoms. The summed E-state index contributed by atoms with van der Waals surface area (Å²) in [5.74, 6) is -0.587. The maximum Gasteiger partial charge on any atom is 0.341 e. The molecule has 1 aliphatic rings. The third kappa shape index (κ3) is 5.12. The van der Waals surface area contributed by atoms with Gasteiger partial charge in [0.2, 0.25) is 5.43 Å². The van der Waals surface area contributed by atoms with Crippen LogP contribution >= 0.6 is 0 Å². The molecule has 35 heavy (non-hydrogen) atoms. The van der Waals surface area contributed by atoms with Gasteiger partial charge in [0.25, 0.3) is 0 Å². The van der Waals surface area contributed by atoms with Crippen LogP contribution < -0.4 is 10.2 Å². The summed E-state index contributed by atoms with van der Waals surface area (Å²) in [6, 6.07) is 24.4. The SMILES string of the molecule is O=C(O)c1cn2c3c(cc(OCCN(Cc4ccccc4)Cc4ccccc4)cc3c1=O)CCC2. The summed E-state index contributed by atoms with van der Waals surface area (Å²) >= 11 is 0. The van der Waals surface area contributed by atoms with Crippen LogP contribution in [0.4, 0.5) is 0 Å². The van der Waals surface area contributed by atoms with E-state index >= 15 is 0 Å². The number of pyridine rings is 1. The number of carboxylic acid groups (broad SMARTS) is 1. The number of aromatic nitrogens is 1. The second-order valence-electron chi connectivity index (χ2n) is 8.98. The predicted octanol–water partition coefficient (Wildman–Crippen LogP) is 4.73. The van der Waals surface area contributed by atoms with Crippen LogP contribution in [0, 0.1) is 0 Å². The van der Waals surface area contributed by atoms with E-state index in [2.05, 4.69) is 29.2 Å². The average molecular weight is 469 g/mol. The van der Waals surface area contributed by atoms with Gasteiger partial charge >= 0.3 is 5.97 Å². The molecule has 1 aromatic heterocycles. The van der Waals surface area contributed by atoms with Crippen molar-refractivity contribution in [2.24, 2.45) is 0 Å². The van der Waals surface area contributed by atoms with Crippen molar-refractivity contribution in [3.63, 3.8) is 0 Å². The van der Waals surface area contributed by atoms with Gasteiger partial charge in [0.15, 0.2) is 0 Å². The number of ether oxygens (including phenoxy) is 1. The lowest BCUT2D eigenvalue weighted by Gasteiger charge is -2.24. The highest BCUT2D eigenvalue weighted by molar-refractivity contribution is 5.94. The molecule has 2 heterocycles. The van der Waals surface area contributed by atoms with Gasteiger partial charge in [0.1, 0.15) is 17.9 Å². The first-order chi connectivity index (χ1) is 17.1. The minimum absolute atomic E-state index is 0.195. The summed E-state index contributed by atoms with van der Waals surface area (Å²) in [6.45, 7) is 3.47. The van der Waals surface area contributed by atoms with Crippen molar-refractivity contribution in [2.75, 3.05) is 13.2 Å². The molecule has 0 spiro atoms. The first kappa shape index (κ1) is 22.9. The van der Waals surface area contributed by atoms with Gasteiger partial charge in [-0.2, -0.15) is 0 Å². The summed E-state index contributed by atoms with van der Waals surface area (Å²) in [4.78, 5) is 26.9. The van der Waals surface area contributed by atoms with Crippen LogP contribution in [0.25, 0.3) is 10.9 Å². The molecule has 0 atom stereocenters. The van der Waals surface area contributed by atoms with Crippen molar-refractivity contribution in [3.8, 4) is 5.75 Å². The van der Waals surface area contributed by atoms with E-state index in [9.17, 15) is 14.7 Å². The van der Waals surface area contributed by atoms with Gasteiger partial charge in [0, 0.05) is 32.4 Å². The fraction of sp³-hybridized carbons (Fsp3) is 0.241. The Bertz CT molecular complexity index is 1360. The molecule has 178 valence electrons. The number of hydrogen-bond donors (Lipinski definition) is 1. The van der Waals surface area contributed by atoms with E-state index in [1.165, 1.54) is 17.3 Å². The van der Waals surface area contributed by atoms with Crippen LogP contribution in [0.1, 0.15) is 33.5 Å². The fourth-order valence-corrected chi connectivity index (χ4v) is 4.83. The highest BCUT2D eigenvalue weighted by Crippen LogP contribution is 2.28. The summed E-state index contributed by atoms with van der Waals surface area (Å²) < 4.78 is 8.04. The second-order valence-corrected chi connectivity index (χ2v) is 8.98. The van der Waals surface area contributed by atoms with Crippen LogP contribution in [0.3, 0.4) is 0 Å². The third-order valence-electron chi connectivity index (χ3n) is 6.47. The number of benzene rings is 3. The molecule has 0 radical (unpaired) electrons. The van der Waals surface area contributed by atoms with E-state index < -0.39 is 11.4 Å². The molecule has 0 unspecified atom stereocenters. The van der Waals surface area contributed by atoms with Crippen LogP contribution in [-0.2, 0) is 26.1 Å². The molecule has 4 aromatic rings. The minimum Gasteiger partial charge on any atom is -0.492 e. The van der Waals surface area contributed by atoms with E-state index in [-0.39, 0.29) is 5.56 Å². The number of aryl methyl sites for hydroxylation is 2. The highest BCUT2D eigenvalue weighted by Gasteiger charge is 2.20. The van der Waals surface area contributed by atoms with E-state index in [1.54, 1.807) is 6.07 Å². The maximum atomic E-state index is 12.9. The Kier molecular flexibility index (Phi) is 6.64. The van der Waals surface area contributed by atoms with Gasteiger partial charge in [-0.3, -0.25) is 9.69 Å². The predicted molar refractivity (Wildman–Crippen MR) is 136 cm³/mol. The number of rotatable bonds is 9. The molecule has 3 aromatic carbocycles. The van der Waals surface area contributed by atoms with E-state index in [1.807, 2.05) is 47.0 Å². The Morgan fingerprint density at radius 3 is 2.26 bits per heavy atom. The van der Waals surface area contributed by atoms with Crippen molar-refractivity contribution >= 4 is 16.9 Å². The van der Waals surface area contributed by atoms with Gasteiger partial charge in [-0.05, 0) is 41.7 Å². The Hall–Kier alpha value is -3.90. The molecular formula is C29H28N2O4. The lowest BCUT2D eigenvalue weighted by Crippen LogP contribution is -2.28. The normalized spacial score (nSPS) is 12.7. The molecular weight excluding hydrogens is 440 g/mol. The van der Waals surface area contributed by atoms with Crippen molar-refractivity contribution in [1.82, 2.24) is 9.47 Å². The number of hydrogen-bond acceptors (Lipinski definition) is 4. The smallest absolute Gasteiger partial charge is 0.341 e. The fourth-order valence-electron chi connectivity index (χ4n) is 4.83. The van der Waals surface area contributed by atoms with Gasteiger partial charge in [-0.25, -0.2) is 4.79 Å². The topological polar surface area (TPSA) is 71.8 Å². The summed E-state index contributed by atoms with van der Waals surface area (Å²) in [7, 11) is 0. The van der Waals surface area contributed by atoms with Crippen molar-refractivity contribution < 1.29 is 14.6 Å². The summed E-state index contributed by atoms with van der Waals surface area (Å²) in [5, 5.41) is 9.92. The Morgan fingerprint density at radius 1 is 0.971 bits per heavy atom. The molecule has 5 rings (SSSR count). The van der Waals surface area contributed by atoms with Crippen molar-refractivity contribution in [1.29, 1.82) is 0 Å². The highest BCUT2D eigenvalue weighted by atomic mass is 16.5. The number of carboxylic acids is 1. The van der Waals surface area contributed by atoms with E-state index in [0.717, 1.165) is 37.0 Å². The van der Waals surface area contributed by atoms with Gasteiger partial charge in [-0.1, -0.05) is 60.7 Å². The number of nitrogens with zero attached hydrogens (tertiary/aromatic N) is 2. The van der Waals surface area contributed by atoms with Crippen LogP contribution in [0.15, 0.2) is 83.8 Å². The quantitative estimate of drug-likeness (QED) is 0.385. The first-order valence-corrected chi connectivity index (χ1v) is 11.9. The zero-order valence-corrected chi connectivity index (χ0v) is 19.5. The Morgan fingerprint density at radius 2 is 1.63 bits per heavy atom. The van der Waals surface area contributed by atoms with Crippen LogP contribution in [0.2, 0.25) is 0 Å². The molecule has 0 bridgehead atoms. The number of aromatic carboxylic acids is 1. The van der Waals surface area contributed by atoms with Crippen molar-refractivity contribution in [2.45, 2.75) is 32.5 Å². The van der Waals surface area contributed by atoms with Crippen LogP contribution in [-0.4, -0.2) is 33.7 Å². The summed E-state index contributed by atoms with van der Waals surface area (Å²) in [6.07, 6.45) is 3.21. The molecule has 0 saturated carbocycles. The van der Waals surface area contributed by atoms with Gasteiger partial charge in [0.05, 0.1) is 10.9 Å². The average Bonchev–Trinajstić information content (AvgIpc) is 2.87. The largest absolute Gasteiger partial charge is 0.492 e. The van der Waals surface area contributed by atoms with Crippen molar-refractivity contribution in [3.05, 3.63) is 111 Å². The third-order valence-corrected chi connectivity index (χ3v) is 6.47. The zero-order valence-electron chi connectivity index (χ0n) is 19.5. The second kappa shape index (κ2) is 10.2. The van der Waals surface area contributed by atoms with Gasteiger partial charge in [-0.15, -0.1) is 0 Å².